The van der Waals surface area contributed by atoms with Gasteiger partial charge in [-0.3, -0.25) is 0 Å². The largest absolute Gasteiger partial charge is 0.388 e. The molecule has 0 heterocycles. The maximum atomic E-state index is 4.01. The van der Waals surface area contributed by atoms with Gasteiger partial charge in [0.1, 0.15) is 0 Å². The lowest BCUT2D eigenvalue weighted by Gasteiger charge is -2.11. The monoisotopic (exact) mass is 229 g/mol. The normalized spacial score (nSPS) is 16.7. The van der Waals surface area contributed by atoms with Gasteiger partial charge in [-0.15, -0.1) is 0 Å². The SMILES string of the molecule is C=C(NC)/C(C)=C(\C)C1=CCC=C(CC)C=C1. The Balaban J connectivity index is 2.96. The molecule has 0 saturated carbocycles. The van der Waals surface area contributed by atoms with Gasteiger partial charge in [0.2, 0.25) is 0 Å². The molecule has 0 aliphatic heterocycles. The molecule has 0 radical (unpaired) electrons. The van der Waals surface area contributed by atoms with Crippen LogP contribution in [0.1, 0.15) is 33.6 Å². The summed E-state index contributed by atoms with van der Waals surface area (Å²) in [7, 11) is 1.91. The van der Waals surface area contributed by atoms with Crippen LogP contribution in [0.25, 0.3) is 0 Å². The Labute approximate surface area is 105 Å². The van der Waals surface area contributed by atoms with E-state index >= 15 is 0 Å². The van der Waals surface area contributed by atoms with Crippen molar-refractivity contribution >= 4 is 0 Å². The Kier molecular flexibility index (Phi) is 5.02. The molecule has 17 heavy (non-hydrogen) atoms. The highest BCUT2D eigenvalue weighted by Crippen LogP contribution is 2.23. The molecular weight excluding hydrogens is 206 g/mol. The van der Waals surface area contributed by atoms with E-state index in [4.69, 9.17) is 0 Å². The molecule has 0 saturated heterocycles. The number of nitrogens with one attached hydrogen (secondary N) is 1. The van der Waals surface area contributed by atoms with Crippen molar-refractivity contribution in [3.8, 4) is 0 Å². The maximum absolute atomic E-state index is 4.01. The van der Waals surface area contributed by atoms with E-state index in [1.54, 1.807) is 0 Å². The summed E-state index contributed by atoms with van der Waals surface area (Å²) in [4.78, 5) is 0. The summed E-state index contributed by atoms with van der Waals surface area (Å²) in [5.74, 6) is 0. The van der Waals surface area contributed by atoms with Gasteiger partial charge >= 0.3 is 0 Å². The van der Waals surface area contributed by atoms with Gasteiger partial charge in [0.15, 0.2) is 0 Å². The molecule has 0 bridgehead atoms. The van der Waals surface area contributed by atoms with Crippen molar-refractivity contribution in [3.05, 3.63) is 58.9 Å². The molecule has 1 rings (SSSR count). The Morgan fingerprint density at radius 3 is 2.59 bits per heavy atom. The zero-order valence-electron chi connectivity index (χ0n) is 11.4. The van der Waals surface area contributed by atoms with Crippen molar-refractivity contribution in [1.29, 1.82) is 0 Å². The molecular formula is C16H23N. The summed E-state index contributed by atoms with van der Waals surface area (Å²) in [6, 6.07) is 0. The van der Waals surface area contributed by atoms with E-state index in [9.17, 15) is 0 Å². The lowest BCUT2D eigenvalue weighted by atomic mass is 9.99. The van der Waals surface area contributed by atoms with E-state index in [0.717, 1.165) is 18.5 Å². The predicted molar refractivity (Wildman–Crippen MR) is 76.8 cm³/mol. The van der Waals surface area contributed by atoms with E-state index in [-0.39, 0.29) is 0 Å². The molecule has 1 aliphatic carbocycles. The molecule has 1 heteroatoms. The van der Waals surface area contributed by atoms with E-state index in [1.165, 1.54) is 22.3 Å². The van der Waals surface area contributed by atoms with Crippen LogP contribution in [0.3, 0.4) is 0 Å². The van der Waals surface area contributed by atoms with Gasteiger partial charge in [-0.1, -0.05) is 43.4 Å². The number of rotatable bonds is 4. The molecule has 1 nitrogen and oxygen atoms in total. The average molecular weight is 229 g/mol. The summed E-state index contributed by atoms with van der Waals surface area (Å²) in [6.45, 7) is 10.5. The summed E-state index contributed by atoms with van der Waals surface area (Å²) in [6.07, 6.45) is 11.1. The zero-order chi connectivity index (χ0) is 12.8. The second-order valence-corrected chi connectivity index (χ2v) is 4.34. The molecule has 0 aromatic carbocycles. The van der Waals surface area contributed by atoms with Gasteiger partial charge in [0.25, 0.3) is 0 Å². The van der Waals surface area contributed by atoms with Gasteiger partial charge in [-0.2, -0.15) is 0 Å². The minimum atomic E-state index is 0.990. The third kappa shape index (κ3) is 3.48. The first-order valence-corrected chi connectivity index (χ1v) is 6.22. The molecule has 0 unspecified atom stereocenters. The number of likely N-dealkylation sites (N-methyl/N-ethyl adjacent to an activating group) is 1. The number of hydrogen-bond donors (Lipinski definition) is 1. The van der Waals surface area contributed by atoms with Crippen molar-refractivity contribution in [1.82, 2.24) is 5.32 Å². The van der Waals surface area contributed by atoms with Crippen molar-refractivity contribution in [2.75, 3.05) is 7.05 Å². The maximum Gasteiger partial charge on any atom is 0.0297 e. The minimum Gasteiger partial charge on any atom is -0.388 e. The summed E-state index contributed by atoms with van der Waals surface area (Å²) < 4.78 is 0. The summed E-state index contributed by atoms with van der Waals surface area (Å²) in [5, 5.41) is 3.10. The second kappa shape index (κ2) is 6.29. The zero-order valence-corrected chi connectivity index (χ0v) is 11.4. The van der Waals surface area contributed by atoms with E-state index in [1.807, 2.05) is 7.05 Å². The van der Waals surface area contributed by atoms with Crippen LogP contribution in [0.5, 0.6) is 0 Å². The highest BCUT2D eigenvalue weighted by atomic mass is 14.8. The average Bonchev–Trinajstić information content (AvgIpc) is 2.61. The molecule has 0 aromatic heterocycles. The first kappa shape index (κ1) is 13.6. The third-order valence-electron chi connectivity index (χ3n) is 3.35. The highest BCUT2D eigenvalue weighted by molar-refractivity contribution is 5.48. The molecule has 0 amide bonds. The van der Waals surface area contributed by atoms with Crippen LogP contribution in [0.15, 0.2) is 58.9 Å². The van der Waals surface area contributed by atoms with Gasteiger partial charge in [0.05, 0.1) is 0 Å². The second-order valence-electron chi connectivity index (χ2n) is 4.34. The topological polar surface area (TPSA) is 12.0 Å². The van der Waals surface area contributed by atoms with Gasteiger partial charge in [0, 0.05) is 12.7 Å². The van der Waals surface area contributed by atoms with Crippen LogP contribution in [-0.4, -0.2) is 7.05 Å². The smallest absolute Gasteiger partial charge is 0.0297 e. The van der Waals surface area contributed by atoms with Crippen molar-refractivity contribution in [3.63, 3.8) is 0 Å². The molecule has 1 aliphatic rings. The lowest BCUT2D eigenvalue weighted by molar-refractivity contribution is 0.995. The molecule has 92 valence electrons. The fourth-order valence-electron chi connectivity index (χ4n) is 1.84. The van der Waals surface area contributed by atoms with Crippen LogP contribution >= 0.6 is 0 Å². The Morgan fingerprint density at radius 2 is 2.00 bits per heavy atom. The Bertz CT molecular complexity index is 417. The van der Waals surface area contributed by atoms with Gasteiger partial charge in [-0.05, 0) is 43.4 Å². The van der Waals surface area contributed by atoms with Crippen LogP contribution in [0.4, 0.5) is 0 Å². The number of hydrogen-bond acceptors (Lipinski definition) is 1. The van der Waals surface area contributed by atoms with E-state index in [0.29, 0.717) is 0 Å². The fourth-order valence-corrected chi connectivity index (χ4v) is 1.84. The van der Waals surface area contributed by atoms with E-state index < -0.39 is 0 Å². The number of allylic oxidation sites excluding steroid dienone is 8. The van der Waals surface area contributed by atoms with Crippen molar-refractivity contribution in [2.45, 2.75) is 33.6 Å². The van der Waals surface area contributed by atoms with Gasteiger partial charge in [-0.25, -0.2) is 0 Å². The van der Waals surface area contributed by atoms with Crippen LogP contribution in [-0.2, 0) is 0 Å². The lowest BCUT2D eigenvalue weighted by Crippen LogP contribution is -2.06. The first-order valence-electron chi connectivity index (χ1n) is 6.22. The quantitative estimate of drug-likeness (QED) is 0.709. The Hall–Kier alpha value is -1.50. The standard InChI is InChI=1S/C16H23N/c1-6-15-8-7-9-16(11-10-15)13(3)12(2)14(4)17-5/h8-11,17H,4,6-7H2,1-3,5H3/b13-12+. The van der Waals surface area contributed by atoms with Crippen molar-refractivity contribution in [2.24, 2.45) is 0 Å². The third-order valence-corrected chi connectivity index (χ3v) is 3.35. The van der Waals surface area contributed by atoms with Gasteiger partial charge < -0.3 is 5.32 Å². The van der Waals surface area contributed by atoms with Crippen molar-refractivity contribution < 1.29 is 0 Å². The van der Waals surface area contributed by atoms with Crippen LogP contribution < -0.4 is 5.32 Å². The molecule has 0 atom stereocenters. The molecule has 0 aromatic rings. The molecule has 0 fully saturated rings. The van der Waals surface area contributed by atoms with Crippen LogP contribution in [0, 0.1) is 0 Å². The summed E-state index contributed by atoms with van der Waals surface area (Å²) in [5.41, 5.74) is 6.23. The fraction of sp³-hybridized carbons (Fsp3) is 0.375. The molecule has 0 spiro atoms. The van der Waals surface area contributed by atoms with E-state index in [2.05, 4.69) is 57.0 Å². The highest BCUT2D eigenvalue weighted by Gasteiger charge is 2.05. The summed E-state index contributed by atoms with van der Waals surface area (Å²) >= 11 is 0. The predicted octanol–water partition coefficient (Wildman–Crippen LogP) is 4.28. The minimum absolute atomic E-state index is 0.990. The first-order chi connectivity index (χ1) is 8.10. The van der Waals surface area contributed by atoms with Crippen LogP contribution in [0.2, 0.25) is 0 Å². The molecule has 1 N–H and O–H groups in total. The Morgan fingerprint density at radius 1 is 1.29 bits per heavy atom.